The van der Waals surface area contributed by atoms with Crippen molar-refractivity contribution in [3.63, 3.8) is 0 Å². The molecule has 26 heavy (non-hydrogen) atoms. The molecule has 0 saturated heterocycles. The van der Waals surface area contributed by atoms with Crippen LogP contribution >= 0.6 is 0 Å². The Morgan fingerprint density at radius 2 is 1.65 bits per heavy atom. The largest absolute Gasteiger partial charge is 0.419 e. The van der Waals surface area contributed by atoms with Gasteiger partial charge in [0, 0.05) is 18.2 Å². The number of carbonyl (C=O) groups excluding carboxylic acids is 1. The minimum atomic E-state index is -0.0788. The molecule has 5 heteroatoms. The Hall–Kier alpha value is -2.95. The van der Waals surface area contributed by atoms with Gasteiger partial charge in [-0.1, -0.05) is 51.1 Å². The highest BCUT2D eigenvalue weighted by Crippen LogP contribution is 2.23. The van der Waals surface area contributed by atoms with E-state index in [1.807, 2.05) is 54.6 Å². The molecule has 134 valence electrons. The first kappa shape index (κ1) is 17.9. The zero-order chi connectivity index (χ0) is 18.7. The lowest BCUT2D eigenvalue weighted by Crippen LogP contribution is -2.26. The Morgan fingerprint density at radius 3 is 2.27 bits per heavy atom. The number of hydrogen-bond donors (Lipinski definition) is 0. The number of hydrogen-bond acceptors (Lipinski definition) is 4. The predicted molar refractivity (Wildman–Crippen MR) is 101 cm³/mol. The molecule has 0 saturated carbocycles. The van der Waals surface area contributed by atoms with Gasteiger partial charge in [-0.3, -0.25) is 4.79 Å². The van der Waals surface area contributed by atoms with Crippen LogP contribution in [0.4, 0.5) is 0 Å². The fraction of sp³-hybridized carbons (Fsp3) is 0.286. The van der Waals surface area contributed by atoms with E-state index in [-0.39, 0.29) is 17.9 Å². The molecule has 3 rings (SSSR count). The fourth-order valence-corrected chi connectivity index (χ4v) is 2.62. The molecule has 0 atom stereocenters. The molecule has 3 aromatic rings. The Morgan fingerprint density at radius 1 is 1.00 bits per heavy atom. The highest BCUT2D eigenvalue weighted by atomic mass is 16.4. The van der Waals surface area contributed by atoms with Gasteiger partial charge in [0.05, 0.1) is 6.54 Å². The molecule has 0 aliphatic heterocycles. The van der Waals surface area contributed by atoms with Gasteiger partial charge in [0.2, 0.25) is 11.8 Å². The highest BCUT2D eigenvalue weighted by molar-refractivity contribution is 5.94. The lowest BCUT2D eigenvalue weighted by Gasteiger charge is -2.20. The van der Waals surface area contributed by atoms with Crippen LogP contribution in [-0.4, -0.2) is 28.1 Å². The third kappa shape index (κ3) is 3.99. The average molecular weight is 349 g/mol. The van der Waals surface area contributed by atoms with Gasteiger partial charge in [-0.2, -0.15) is 0 Å². The standard InChI is InChI=1S/C21H23N3O2/c1-21(2,3)17-12-10-16(11-13-17)20(25)24(4)14-18-22-23-19(26-18)15-8-6-5-7-9-15/h5-13H,14H2,1-4H3. The molecule has 0 fully saturated rings. The topological polar surface area (TPSA) is 59.2 Å². The molecule has 2 aromatic carbocycles. The van der Waals surface area contributed by atoms with Gasteiger partial charge in [0.15, 0.2) is 0 Å². The number of aromatic nitrogens is 2. The summed E-state index contributed by atoms with van der Waals surface area (Å²) < 4.78 is 5.67. The van der Waals surface area contributed by atoms with E-state index >= 15 is 0 Å². The minimum absolute atomic E-state index is 0.0606. The molecule has 0 aliphatic rings. The molecule has 1 aromatic heterocycles. The molecule has 0 bridgehead atoms. The zero-order valence-corrected chi connectivity index (χ0v) is 15.6. The van der Waals surface area contributed by atoms with E-state index < -0.39 is 0 Å². The van der Waals surface area contributed by atoms with Crippen molar-refractivity contribution in [1.29, 1.82) is 0 Å². The van der Waals surface area contributed by atoms with Crippen LogP contribution < -0.4 is 0 Å². The van der Waals surface area contributed by atoms with Crippen molar-refractivity contribution in [3.05, 3.63) is 71.6 Å². The van der Waals surface area contributed by atoms with E-state index in [1.54, 1.807) is 11.9 Å². The molecule has 1 amide bonds. The van der Waals surface area contributed by atoms with Gasteiger partial charge in [0.25, 0.3) is 5.91 Å². The summed E-state index contributed by atoms with van der Waals surface area (Å²) in [6.45, 7) is 6.71. The SMILES string of the molecule is CN(Cc1nnc(-c2ccccc2)o1)C(=O)c1ccc(C(C)(C)C)cc1. The van der Waals surface area contributed by atoms with Crippen molar-refractivity contribution < 1.29 is 9.21 Å². The molecular weight excluding hydrogens is 326 g/mol. The van der Waals surface area contributed by atoms with Gasteiger partial charge < -0.3 is 9.32 Å². The Bertz CT molecular complexity index is 878. The van der Waals surface area contributed by atoms with Crippen LogP contribution in [0.2, 0.25) is 0 Å². The van der Waals surface area contributed by atoms with Crippen LogP contribution in [0.25, 0.3) is 11.5 Å². The number of amides is 1. The van der Waals surface area contributed by atoms with Crippen LogP contribution in [0.1, 0.15) is 42.6 Å². The predicted octanol–water partition coefficient (Wildman–Crippen LogP) is 4.31. The van der Waals surface area contributed by atoms with Crippen molar-refractivity contribution in [2.24, 2.45) is 0 Å². The number of nitrogens with zero attached hydrogens (tertiary/aromatic N) is 3. The van der Waals surface area contributed by atoms with E-state index in [1.165, 1.54) is 5.56 Å². The summed E-state index contributed by atoms with van der Waals surface area (Å²) in [5.74, 6) is 0.784. The second-order valence-electron chi connectivity index (χ2n) is 7.36. The van der Waals surface area contributed by atoms with Crippen LogP contribution in [0.3, 0.4) is 0 Å². The van der Waals surface area contributed by atoms with Gasteiger partial charge in [-0.15, -0.1) is 10.2 Å². The first-order chi connectivity index (χ1) is 12.3. The molecule has 1 heterocycles. The second kappa shape index (κ2) is 7.12. The van der Waals surface area contributed by atoms with Crippen LogP contribution in [0.15, 0.2) is 59.0 Å². The van der Waals surface area contributed by atoms with Crippen molar-refractivity contribution in [3.8, 4) is 11.5 Å². The summed E-state index contributed by atoms with van der Waals surface area (Å²) in [5.41, 5.74) is 2.76. The van der Waals surface area contributed by atoms with Gasteiger partial charge in [-0.05, 0) is 35.2 Å². The van der Waals surface area contributed by atoms with Crippen molar-refractivity contribution in [2.45, 2.75) is 32.7 Å². The first-order valence-electron chi connectivity index (χ1n) is 8.58. The first-order valence-corrected chi connectivity index (χ1v) is 8.58. The van der Waals surface area contributed by atoms with Crippen LogP contribution in [0.5, 0.6) is 0 Å². The summed E-state index contributed by atoms with van der Waals surface area (Å²) in [7, 11) is 1.73. The summed E-state index contributed by atoms with van der Waals surface area (Å²) in [6, 6.07) is 17.3. The fourth-order valence-electron chi connectivity index (χ4n) is 2.62. The maximum atomic E-state index is 12.6. The number of benzene rings is 2. The van der Waals surface area contributed by atoms with Crippen LogP contribution in [-0.2, 0) is 12.0 Å². The monoisotopic (exact) mass is 349 g/mol. The summed E-state index contributed by atoms with van der Waals surface area (Å²) in [6.07, 6.45) is 0. The van der Waals surface area contributed by atoms with Gasteiger partial charge >= 0.3 is 0 Å². The van der Waals surface area contributed by atoms with Crippen molar-refractivity contribution in [1.82, 2.24) is 15.1 Å². The maximum absolute atomic E-state index is 12.6. The highest BCUT2D eigenvalue weighted by Gasteiger charge is 2.18. The Balaban J connectivity index is 1.69. The third-order valence-corrected chi connectivity index (χ3v) is 4.20. The smallest absolute Gasteiger partial charge is 0.254 e. The quantitative estimate of drug-likeness (QED) is 0.704. The maximum Gasteiger partial charge on any atom is 0.254 e. The third-order valence-electron chi connectivity index (χ3n) is 4.20. The van der Waals surface area contributed by atoms with Gasteiger partial charge in [0.1, 0.15) is 0 Å². The van der Waals surface area contributed by atoms with E-state index in [0.717, 1.165) is 5.56 Å². The van der Waals surface area contributed by atoms with E-state index in [2.05, 4.69) is 31.0 Å². The normalized spacial score (nSPS) is 11.4. The Labute approximate surface area is 153 Å². The van der Waals surface area contributed by atoms with Crippen molar-refractivity contribution in [2.75, 3.05) is 7.05 Å². The van der Waals surface area contributed by atoms with E-state index in [4.69, 9.17) is 4.42 Å². The number of rotatable bonds is 4. The second-order valence-corrected chi connectivity index (χ2v) is 7.36. The number of carbonyl (C=O) groups is 1. The molecule has 0 spiro atoms. The summed E-state index contributed by atoms with van der Waals surface area (Å²) >= 11 is 0. The lowest BCUT2D eigenvalue weighted by atomic mass is 9.86. The molecular formula is C21H23N3O2. The minimum Gasteiger partial charge on any atom is -0.419 e. The molecule has 0 radical (unpaired) electrons. The van der Waals surface area contributed by atoms with E-state index in [0.29, 0.717) is 17.3 Å². The average Bonchev–Trinajstić information content (AvgIpc) is 3.09. The zero-order valence-electron chi connectivity index (χ0n) is 15.6. The summed E-state index contributed by atoms with van der Waals surface area (Å²) in [5, 5.41) is 8.10. The summed E-state index contributed by atoms with van der Waals surface area (Å²) in [4.78, 5) is 14.2. The lowest BCUT2D eigenvalue weighted by molar-refractivity contribution is 0.0773. The Kier molecular flexibility index (Phi) is 4.89. The van der Waals surface area contributed by atoms with E-state index in [9.17, 15) is 4.79 Å². The van der Waals surface area contributed by atoms with Crippen molar-refractivity contribution >= 4 is 5.91 Å². The molecule has 0 aliphatic carbocycles. The molecule has 0 N–H and O–H groups in total. The molecule has 0 unspecified atom stereocenters. The van der Waals surface area contributed by atoms with Crippen LogP contribution in [0, 0.1) is 0 Å². The molecule has 5 nitrogen and oxygen atoms in total. The van der Waals surface area contributed by atoms with Gasteiger partial charge in [-0.25, -0.2) is 0 Å².